The lowest BCUT2D eigenvalue weighted by Gasteiger charge is -2.34. The van der Waals surface area contributed by atoms with Gasteiger partial charge in [-0.2, -0.15) is 0 Å². The maximum Gasteiger partial charge on any atom is 0.110 e. The van der Waals surface area contributed by atoms with E-state index in [-0.39, 0.29) is 0 Å². The van der Waals surface area contributed by atoms with Gasteiger partial charge in [-0.1, -0.05) is 0 Å². The van der Waals surface area contributed by atoms with Crippen molar-refractivity contribution in [2.75, 3.05) is 13.1 Å². The third-order valence-corrected chi connectivity index (χ3v) is 4.97. The van der Waals surface area contributed by atoms with Crippen molar-refractivity contribution in [3.8, 4) is 0 Å². The Balaban J connectivity index is 1.57. The van der Waals surface area contributed by atoms with E-state index in [2.05, 4.69) is 29.5 Å². The first kappa shape index (κ1) is 14.1. The number of nitrogens with zero attached hydrogens (tertiary/aromatic N) is 3. The molecule has 3 heterocycles. The van der Waals surface area contributed by atoms with Gasteiger partial charge in [0.15, 0.2) is 0 Å². The second-order valence-corrected chi connectivity index (χ2v) is 6.87. The Hall–Kier alpha value is -0.870. The fraction of sp³-hybridized carbons (Fsp3) is 0.812. The van der Waals surface area contributed by atoms with Crippen LogP contribution in [0.3, 0.4) is 0 Å². The summed E-state index contributed by atoms with van der Waals surface area (Å²) >= 11 is 0. The summed E-state index contributed by atoms with van der Waals surface area (Å²) in [4.78, 5) is 7.41. The van der Waals surface area contributed by atoms with Gasteiger partial charge < -0.3 is 15.2 Å². The van der Waals surface area contributed by atoms with Crippen molar-refractivity contribution >= 4 is 0 Å². The lowest BCUT2D eigenvalue weighted by atomic mass is 9.92. The first-order valence-electron chi connectivity index (χ1n) is 8.16. The van der Waals surface area contributed by atoms with Crippen LogP contribution in [0.4, 0.5) is 0 Å². The zero-order valence-corrected chi connectivity index (χ0v) is 12.9. The maximum atomic E-state index is 6.03. The van der Waals surface area contributed by atoms with Crippen LogP contribution in [0.5, 0.6) is 0 Å². The number of aryl methyl sites for hydroxylation is 1. The number of imidazole rings is 1. The molecule has 1 unspecified atom stereocenters. The second kappa shape index (κ2) is 5.86. The molecule has 0 aliphatic carbocycles. The number of hydrogen-bond acceptors (Lipinski definition) is 3. The van der Waals surface area contributed by atoms with Crippen LogP contribution in [0.1, 0.15) is 44.6 Å². The van der Waals surface area contributed by atoms with Crippen LogP contribution in [0.2, 0.25) is 0 Å². The van der Waals surface area contributed by atoms with E-state index < -0.39 is 0 Å². The Labute approximate surface area is 122 Å². The van der Waals surface area contributed by atoms with Gasteiger partial charge in [-0.15, -0.1) is 0 Å². The summed E-state index contributed by atoms with van der Waals surface area (Å²) in [7, 11) is 0. The van der Waals surface area contributed by atoms with Crippen molar-refractivity contribution in [3.63, 3.8) is 0 Å². The summed E-state index contributed by atoms with van der Waals surface area (Å²) in [5.74, 6) is 2.02. The number of likely N-dealkylation sites (tertiary alicyclic amines) is 1. The Morgan fingerprint density at radius 1 is 1.25 bits per heavy atom. The summed E-state index contributed by atoms with van der Waals surface area (Å²) in [6, 6.07) is 1.00. The molecule has 4 nitrogen and oxygen atoms in total. The molecule has 0 radical (unpaired) electrons. The predicted octanol–water partition coefficient (Wildman–Crippen LogP) is 1.82. The standard InChI is InChI=1S/C16H28N4/c1-12(2)19-6-3-13(4-7-19)9-15-11-20-8-5-14(17)10-16(20)18-15/h11-14H,3-10,17H2,1-2H3. The normalized spacial score (nSPS) is 25.1. The molecule has 20 heavy (non-hydrogen) atoms. The zero-order chi connectivity index (χ0) is 14.1. The van der Waals surface area contributed by atoms with E-state index >= 15 is 0 Å². The molecule has 1 aromatic heterocycles. The number of rotatable bonds is 3. The average molecular weight is 276 g/mol. The maximum absolute atomic E-state index is 6.03. The van der Waals surface area contributed by atoms with Crippen molar-refractivity contribution < 1.29 is 0 Å². The largest absolute Gasteiger partial charge is 0.335 e. The Morgan fingerprint density at radius 2 is 2.00 bits per heavy atom. The highest BCUT2D eigenvalue weighted by Gasteiger charge is 2.23. The van der Waals surface area contributed by atoms with Gasteiger partial charge in [0, 0.05) is 31.2 Å². The van der Waals surface area contributed by atoms with Crippen LogP contribution in [-0.2, 0) is 19.4 Å². The van der Waals surface area contributed by atoms with Gasteiger partial charge in [0.25, 0.3) is 0 Å². The van der Waals surface area contributed by atoms with Crippen molar-refractivity contribution in [2.45, 2.75) is 64.6 Å². The Kier molecular flexibility index (Phi) is 4.13. The van der Waals surface area contributed by atoms with E-state index in [9.17, 15) is 0 Å². The summed E-state index contributed by atoms with van der Waals surface area (Å²) in [5.41, 5.74) is 7.32. The minimum Gasteiger partial charge on any atom is -0.335 e. The molecule has 1 fully saturated rings. The molecule has 0 spiro atoms. The van der Waals surface area contributed by atoms with Crippen LogP contribution in [0.15, 0.2) is 6.20 Å². The fourth-order valence-electron chi connectivity index (χ4n) is 3.58. The minimum atomic E-state index is 0.312. The number of nitrogens with two attached hydrogens (primary N) is 1. The zero-order valence-electron chi connectivity index (χ0n) is 12.9. The lowest BCUT2D eigenvalue weighted by Crippen LogP contribution is -2.38. The molecule has 0 aromatic carbocycles. The lowest BCUT2D eigenvalue weighted by molar-refractivity contribution is 0.149. The van der Waals surface area contributed by atoms with E-state index in [1.54, 1.807) is 0 Å². The van der Waals surface area contributed by atoms with Crippen molar-refractivity contribution in [3.05, 3.63) is 17.7 Å². The molecule has 1 atom stereocenters. The van der Waals surface area contributed by atoms with Gasteiger partial charge in [0.2, 0.25) is 0 Å². The molecule has 4 heteroatoms. The van der Waals surface area contributed by atoms with Crippen LogP contribution in [0.25, 0.3) is 0 Å². The predicted molar refractivity (Wildman–Crippen MR) is 81.7 cm³/mol. The SMILES string of the molecule is CC(C)N1CCC(Cc2cn3c(n2)CC(N)CC3)CC1. The van der Waals surface area contributed by atoms with Crippen LogP contribution >= 0.6 is 0 Å². The molecular formula is C16H28N4. The first-order valence-corrected chi connectivity index (χ1v) is 8.16. The topological polar surface area (TPSA) is 47.1 Å². The second-order valence-electron chi connectivity index (χ2n) is 6.87. The van der Waals surface area contributed by atoms with Gasteiger partial charge in [0.1, 0.15) is 5.82 Å². The molecular weight excluding hydrogens is 248 g/mol. The fourth-order valence-corrected chi connectivity index (χ4v) is 3.58. The van der Waals surface area contributed by atoms with E-state index in [1.807, 2.05) is 0 Å². The monoisotopic (exact) mass is 276 g/mol. The number of piperidine rings is 1. The third kappa shape index (κ3) is 3.07. The van der Waals surface area contributed by atoms with Gasteiger partial charge in [-0.25, -0.2) is 4.98 Å². The van der Waals surface area contributed by atoms with E-state index in [0.29, 0.717) is 12.1 Å². The summed E-state index contributed by atoms with van der Waals surface area (Å²) in [6.07, 6.45) is 8.11. The van der Waals surface area contributed by atoms with Crippen LogP contribution in [-0.4, -0.2) is 39.6 Å². The van der Waals surface area contributed by atoms with E-state index in [1.165, 1.54) is 37.4 Å². The molecule has 0 saturated carbocycles. The van der Waals surface area contributed by atoms with Crippen LogP contribution in [0, 0.1) is 5.92 Å². The third-order valence-electron chi connectivity index (χ3n) is 4.97. The average Bonchev–Trinajstić information content (AvgIpc) is 2.80. The Morgan fingerprint density at radius 3 is 2.70 bits per heavy atom. The molecule has 112 valence electrons. The quantitative estimate of drug-likeness (QED) is 0.916. The van der Waals surface area contributed by atoms with Crippen molar-refractivity contribution in [2.24, 2.45) is 11.7 Å². The molecule has 0 bridgehead atoms. The highest BCUT2D eigenvalue weighted by molar-refractivity contribution is 5.09. The molecule has 3 rings (SSSR count). The minimum absolute atomic E-state index is 0.312. The summed E-state index contributed by atoms with van der Waals surface area (Å²) < 4.78 is 2.32. The van der Waals surface area contributed by atoms with Gasteiger partial charge in [-0.3, -0.25) is 0 Å². The molecule has 2 aliphatic heterocycles. The van der Waals surface area contributed by atoms with Gasteiger partial charge >= 0.3 is 0 Å². The first-order chi connectivity index (χ1) is 9.61. The molecule has 0 amide bonds. The van der Waals surface area contributed by atoms with Crippen LogP contribution < -0.4 is 5.73 Å². The summed E-state index contributed by atoms with van der Waals surface area (Å²) in [6.45, 7) is 8.15. The Bertz CT molecular complexity index is 443. The number of aromatic nitrogens is 2. The van der Waals surface area contributed by atoms with Crippen molar-refractivity contribution in [1.82, 2.24) is 14.5 Å². The number of hydrogen-bond donors (Lipinski definition) is 1. The highest BCUT2D eigenvalue weighted by Crippen LogP contribution is 2.23. The van der Waals surface area contributed by atoms with Gasteiger partial charge in [0.05, 0.1) is 5.69 Å². The number of fused-ring (bicyclic) bond motifs is 1. The smallest absolute Gasteiger partial charge is 0.110 e. The summed E-state index contributed by atoms with van der Waals surface area (Å²) in [5, 5.41) is 0. The molecule has 1 saturated heterocycles. The van der Waals surface area contributed by atoms with E-state index in [0.717, 1.165) is 31.7 Å². The van der Waals surface area contributed by atoms with E-state index in [4.69, 9.17) is 10.7 Å². The van der Waals surface area contributed by atoms with Crippen molar-refractivity contribution in [1.29, 1.82) is 0 Å². The van der Waals surface area contributed by atoms with Gasteiger partial charge in [-0.05, 0) is 58.5 Å². The molecule has 2 aliphatic rings. The highest BCUT2D eigenvalue weighted by atomic mass is 15.1. The molecule has 1 aromatic rings. The molecule has 2 N–H and O–H groups in total.